The van der Waals surface area contributed by atoms with E-state index < -0.39 is 17.4 Å². The van der Waals surface area contributed by atoms with E-state index >= 15 is 0 Å². The van der Waals surface area contributed by atoms with Crippen LogP contribution < -0.4 is 11.2 Å². The summed E-state index contributed by atoms with van der Waals surface area (Å²) in [6, 6.07) is 3.08. The Balaban J connectivity index is 2.29. The zero-order valence-corrected chi connectivity index (χ0v) is 14.8. The van der Waals surface area contributed by atoms with Crippen LogP contribution in [0.5, 0.6) is 0 Å². The molecule has 1 aliphatic carbocycles. The molecule has 0 aliphatic heterocycles. The molecule has 2 aromatic rings. The lowest BCUT2D eigenvalue weighted by atomic mass is 9.87. The first-order valence-electron chi connectivity index (χ1n) is 8.78. The van der Waals surface area contributed by atoms with E-state index in [1.54, 1.807) is 13.0 Å². The predicted molar refractivity (Wildman–Crippen MR) is 98.3 cm³/mol. The SMILES string of the molecule is CCCn1c(=O)[nH]c2ccc(C(O)=C3C(=O)CCCC3O)c(C)c2c1=O. The summed E-state index contributed by atoms with van der Waals surface area (Å²) in [6.45, 7) is 3.81. The van der Waals surface area contributed by atoms with Crippen molar-refractivity contribution in [2.75, 3.05) is 0 Å². The molecule has 1 saturated carbocycles. The summed E-state index contributed by atoms with van der Waals surface area (Å²) in [5.74, 6) is -0.583. The largest absolute Gasteiger partial charge is 0.507 e. The van der Waals surface area contributed by atoms with Gasteiger partial charge in [-0.15, -0.1) is 0 Å². The average Bonchev–Trinajstić information content (AvgIpc) is 2.58. The molecule has 1 atom stereocenters. The Kier molecular flexibility index (Phi) is 4.82. The lowest BCUT2D eigenvalue weighted by molar-refractivity contribution is -0.117. The smallest absolute Gasteiger partial charge is 0.328 e. The van der Waals surface area contributed by atoms with E-state index in [9.17, 15) is 24.6 Å². The van der Waals surface area contributed by atoms with E-state index in [4.69, 9.17) is 0 Å². The highest BCUT2D eigenvalue weighted by Crippen LogP contribution is 2.30. The number of aromatic nitrogens is 2. The molecule has 1 aromatic heterocycles. The summed E-state index contributed by atoms with van der Waals surface area (Å²) in [7, 11) is 0. The second-order valence-corrected chi connectivity index (χ2v) is 6.64. The lowest BCUT2D eigenvalue weighted by Crippen LogP contribution is -2.35. The van der Waals surface area contributed by atoms with Gasteiger partial charge in [-0.1, -0.05) is 6.92 Å². The number of nitrogens with zero attached hydrogens (tertiary/aromatic N) is 1. The molecular weight excluding hydrogens is 336 g/mol. The van der Waals surface area contributed by atoms with Crippen molar-refractivity contribution in [1.82, 2.24) is 9.55 Å². The Morgan fingerprint density at radius 2 is 2.04 bits per heavy atom. The van der Waals surface area contributed by atoms with Crippen molar-refractivity contribution in [1.29, 1.82) is 0 Å². The second-order valence-electron chi connectivity index (χ2n) is 6.64. The number of rotatable bonds is 3. The van der Waals surface area contributed by atoms with E-state index in [0.717, 1.165) is 4.57 Å². The molecule has 1 aromatic carbocycles. The fraction of sp³-hybridized carbons (Fsp3) is 0.421. The molecule has 0 bridgehead atoms. The number of aryl methyl sites for hydroxylation is 1. The number of aliphatic hydroxyl groups is 2. The summed E-state index contributed by atoms with van der Waals surface area (Å²) in [4.78, 5) is 39.7. The van der Waals surface area contributed by atoms with Crippen molar-refractivity contribution in [2.24, 2.45) is 0 Å². The molecule has 0 radical (unpaired) electrons. The molecule has 26 heavy (non-hydrogen) atoms. The van der Waals surface area contributed by atoms with Crippen LogP contribution in [-0.4, -0.2) is 31.7 Å². The Morgan fingerprint density at radius 1 is 1.31 bits per heavy atom. The minimum Gasteiger partial charge on any atom is -0.507 e. The standard InChI is InChI=1S/C19H22N2O5/c1-3-9-21-18(25)15-10(2)11(7-8-12(15)20-19(21)26)17(24)16-13(22)5-4-6-14(16)23/h7-8,13,22,24H,3-6,9H2,1-2H3,(H,20,26). The number of carbonyl (C=O) groups is 1. The number of H-pyrrole nitrogens is 1. The second kappa shape index (κ2) is 6.92. The molecule has 1 unspecified atom stereocenters. The molecule has 1 aliphatic rings. The van der Waals surface area contributed by atoms with Crippen molar-refractivity contribution >= 4 is 22.4 Å². The Bertz CT molecular complexity index is 1030. The molecule has 7 nitrogen and oxygen atoms in total. The maximum atomic E-state index is 12.8. The fourth-order valence-corrected chi connectivity index (χ4v) is 3.54. The van der Waals surface area contributed by atoms with E-state index in [0.29, 0.717) is 41.3 Å². The van der Waals surface area contributed by atoms with Crippen molar-refractivity contribution in [3.05, 3.63) is 49.7 Å². The third kappa shape index (κ3) is 2.88. The van der Waals surface area contributed by atoms with Gasteiger partial charge in [-0.25, -0.2) is 4.79 Å². The number of benzene rings is 1. The van der Waals surface area contributed by atoms with Crippen LogP contribution >= 0.6 is 0 Å². The quantitative estimate of drug-likeness (QED) is 0.572. The first-order chi connectivity index (χ1) is 12.4. The van der Waals surface area contributed by atoms with E-state index in [2.05, 4.69) is 4.98 Å². The average molecular weight is 358 g/mol. The van der Waals surface area contributed by atoms with Gasteiger partial charge in [-0.05, 0) is 43.9 Å². The molecule has 0 spiro atoms. The molecule has 7 heteroatoms. The van der Waals surface area contributed by atoms with Crippen LogP contribution in [0.1, 0.15) is 43.7 Å². The van der Waals surface area contributed by atoms with Gasteiger partial charge in [-0.3, -0.25) is 14.2 Å². The minimum atomic E-state index is -1.02. The summed E-state index contributed by atoms with van der Waals surface area (Å²) in [6.07, 6.45) is 0.881. The third-order valence-electron chi connectivity index (χ3n) is 4.88. The highest BCUT2D eigenvalue weighted by molar-refractivity contribution is 6.03. The zero-order valence-electron chi connectivity index (χ0n) is 14.8. The number of aliphatic hydroxyl groups excluding tert-OH is 2. The molecule has 1 heterocycles. The van der Waals surface area contributed by atoms with Crippen molar-refractivity contribution in [3.8, 4) is 0 Å². The number of carbonyl (C=O) groups excluding carboxylic acids is 1. The summed E-state index contributed by atoms with van der Waals surface area (Å²) >= 11 is 0. The summed E-state index contributed by atoms with van der Waals surface area (Å²) in [5, 5.41) is 21.1. The predicted octanol–water partition coefficient (Wildman–Crippen LogP) is 1.79. The minimum absolute atomic E-state index is 0.00277. The highest BCUT2D eigenvalue weighted by Gasteiger charge is 2.29. The number of ketones is 1. The van der Waals surface area contributed by atoms with Crippen molar-refractivity contribution < 1.29 is 15.0 Å². The fourth-order valence-electron chi connectivity index (χ4n) is 3.54. The first kappa shape index (κ1) is 18.1. The number of nitrogens with one attached hydrogen (secondary N) is 1. The van der Waals surface area contributed by atoms with Gasteiger partial charge >= 0.3 is 5.69 Å². The topological polar surface area (TPSA) is 112 Å². The van der Waals surface area contributed by atoms with Crippen LogP contribution in [-0.2, 0) is 11.3 Å². The van der Waals surface area contributed by atoms with Crippen molar-refractivity contribution in [3.63, 3.8) is 0 Å². The Hall–Kier alpha value is -2.67. The van der Waals surface area contributed by atoms with Gasteiger partial charge in [0.25, 0.3) is 5.56 Å². The summed E-state index contributed by atoms with van der Waals surface area (Å²) in [5.41, 5.74) is 0.243. The van der Waals surface area contributed by atoms with Gasteiger partial charge in [0, 0.05) is 18.5 Å². The zero-order chi connectivity index (χ0) is 19.0. The van der Waals surface area contributed by atoms with Gasteiger partial charge in [0.05, 0.1) is 22.6 Å². The maximum absolute atomic E-state index is 12.8. The van der Waals surface area contributed by atoms with Crippen LogP contribution in [0.2, 0.25) is 0 Å². The number of hydrogen-bond acceptors (Lipinski definition) is 5. The van der Waals surface area contributed by atoms with Crippen molar-refractivity contribution in [2.45, 2.75) is 52.2 Å². The molecule has 0 saturated heterocycles. The third-order valence-corrected chi connectivity index (χ3v) is 4.88. The summed E-state index contributed by atoms with van der Waals surface area (Å²) < 4.78 is 1.13. The van der Waals surface area contributed by atoms with Gasteiger partial charge in [-0.2, -0.15) is 0 Å². The van der Waals surface area contributed by atoms with Gasteiger partial charge < -0.3 is 15.2 Å². The number of aromatic amines is 1. The van der Waals surface area contributed by atoms with E-state index in [1.165, 1.54) is 6.07 Å². The molecular formula is C19H22N2O5. The van der Waals surface area contributed by atoms with Crippen LogP contribution in [0.4, 0.5) is 0 Å². The van der Waals surface area contributed by atoms with Crippen LogP contribution in [0.3, 0.4) is 0 Å². The van der Waals surface area contributed by atoms with Gasteiger partial charge in [0.15, 0.2) is 5.78 Å². The molecule has 0 amide bonds. The highest BCUT2D eigenvalue weighted by atomic mass is 16.3. The maximum Gasteiger partial charge on any atom is 0.328 e. The Labute approximate surface area is 149 Å². The number of Topliss-reactive ketones (excluding diaryl/α,β-unsaturated/α-hetero) is 1. The lowest BCUT2D eigenvalue weighted by Gasteiger charge is -2.21. The van der Waals surface area contributed by atoms with Gasteiger partial charge in [0.1, 0.15) is 5.76 Å². The first-order valence-corrected chi connectivity index (χ1v) is 8.78. The molecule has 1 fully saturated rings. The van der Waals surface area contributed by atoms with Crippen LogP contribution in [0, 0.1) is 6.92 Å². The van der Waals surface area contributed by atoms with Crippen LogP contribution in [0.15, 0.2) is 27.3 Å². The normalized spacial score (nSPS) is 19.8. The monoisotopic (exact) mass is 358 g/mol. The number of hydrogen-bond donors (Lipinski definition) is 3. The van der Waals surface area contributed by atoms with E-state index in [1.807, 2.05) is 6.92 Å². The van der Waals surface area contributed by atoms with E-state index in [-0.39, 0.29) is 30.1 Å². The molecule has 3 N–H and O–H groups in total. The molecule has 138 valence electrons. The Morgan fingerprint density at radius 3 is 2.69 bits per heavy atom. The van der Waals surface area contributed by atoms with Crippen LogP contribution in [0.25, 0.3) is 16.7 Å². The number of fused-ring (bicyclic) bond motifs is 1. The molecule has 3 rings (SSSR count). The van der Waals surface area contributed by atoms with Gasteiger partial charge in [0.2, 0.25) is 0 Å².